The van der Waals surface area contributed by atoms with Crippen LogP contribution in [0.3, 0.4) is 0 Å². The molecule has 0 radical (unpaired) electrons. The number of rotatable bonds is 7. The van der Waals surface area contributed by atoms with E-state index >= 15 is 0 Å². The maximum absolute atomic E-state index is 11.2. The highest BCUT2D eigenvalue weighted by molar-refractivity contribution is 7.99. The highest BCUT2D eigenvalue weighted by atomic mass is 32.2. The Morgan fingerprint density at radius 1 is 1.71 bits per heavy atom. The largest absolute Gasteiger partial charge is 0.395 e. The third kappa shape index (κ3) is 6.80. The fourth-order valence-corrected chi connectivity index (χ4v) is 1.36. The molecule has 82 valence electrons. The zero-order valence-corrected chi connectivity index (χ0v) is 9.35. The van der Waals surface area contributed by atoms with Crippen LogP contribution in [0.25, 0.3) is 0 Å². The van der Waals surface area contributed by atoms with Crippen LogP contribution in [0.15, 0.2) is 12.7 Å². The zero-order chi connectivity index (χ0) is 10.8. The third-order valence-corrected chi connectivity index (χ3v) is 2.50. The molecule has 0 aliphatic rings. The van der Waals surface area contributed by atoms with E-state index in [1.807, 2.05) is 6.08 Å². The van der Waals surface area contributed by atoms with Gasteiger partial charge >= 0.3 is 6.03 Å². The Morgan fingerprint density at radius 3 is 3.00 bits per heavy atom. The molecule has 4 nitrogen and oxygen atoms in total. The summed E-state index contributed by atoms with van der Waals surface area (Å²) in [6.45, 7) is 4.61. The molecule has 0 bridgehead atoms. The van der Waals surface area contributed by atoms with E-state index in [4.69, 9.17) is 5.11 Å². The van der Waals surface area contributed by atoms with Gasteiger partial charge in [-0.1, -0.05) is 6.08 Å². The van der Waals surface area contributed by atoms with Crippen LogP contribution in [0.2, 0.25) is 0 Å². The van der Waals surface area contributed by atoms with Gasteiger partial charge in [0, 0.05) is 31.6 Å². The molecule has 0 aliphatic heterocycles. The van der Waals surface area contributed by atoms with Crippen molar-refractivity contribution in [3.05, 3.63) is 12.7 Å². The van der Waals surface area contributed by atoms with Crippen molar-refractivity contribution < 1.29 is 9.90 Å². The summed E-state index contributed by atoms with van der Waals surface area (Å²) in [6.07, 6.45) is 1.84. The Hall–Kier alpha value is -0.680. The molecule has 2 N–H and O–H groups in total. The van der Waals surface area contributed by atoms with E-state index in [1.165, 1.54) is 4.90 Å². The van der Waals surface area contributed by atoms with Crippen molar-refractivity contribution in [1.29, 1.82) is 0 Å². The number of urea groups is 1. The molecular weight excluding hydrogens is 200 g/mol. The first kappa shape index (κ1) is 13.3. The average molecular weight is 218 g/mol. The molecule has 0 saturated heterocycles. The summed E-state index contributed by atoms with van der Waals surface area (Å²) in [6, 6.07) is -0.141. The number of carbonyl (C=O) groups is 1. The van der Waals surface area contributed by atoms with Gasteiger partial charge in [-0.2, -0.15) is 11.8 Å². The first-order valence-corrected chi connectivity index (χ1v) is 5.66. The molecule has 0 aromatic rings. The topological polar surface area (TPSA) is 52.6 Å². The molecule has 2 amide bonds. The van der Waals surface area contributed by atoms with E-state index in [1.54, 1.807) is 18.8 Å². The molecule has 0 aliphatic carbocycles. The summed E-state index contributed by atoms with van der Waals surface area (Å²) < 4.78 is 0. The van der Waals surface area contributed by atoms with Crippen molar-refractivity contribution in [2.45, 2.75) is 0 Å². The highest BCUT2D eigenvalue weighted by Gasteiger charge is 2.05. The Kier molecular flexibility index (Phi) is 8.47. The minimum atomic E-state index is -0.141. The summed E-state index contributed by atoms with van der Waals surface area (Å²) in [5.74, 6) is 1.78. The maximum atomic E-state index is 11.2. The Bertz CT molecular complexity index is 176. The van der Waals surface area contributed by atoms with Crippen molar-refractivity contribution >= 4 is 17.8 Å². The van der Waals surface area contributed by atoms with Gasteiger partial charge < -0.3 is 15.3 Å². The number of likely N-dealkylation sites (N-methyl/N-ethyl adjacent to an activating group) is 1. The normalized spacial score (nSPS) is 9.57. The minimum Gasteiger partial charge on any atom is -0.395 e. The Balaban J connectivity index is 3.38. The van der Waals surface area contributed by atoms with Gasteiger partial charge in [-0.05, 0) is 0 Å². The monoisotopic (exact) mass is 218 g/mol. The van der Waals surface area contributed by atoms with Crippen LogP contribution in [0, 0.1) is 0 Å². The first-order valence-electron chi connectivity index (χ1n) is 4.50. The molecule has 0 saturated carbocycles. The molecule has 0 heterocycles. The minimum absolute atomic E-state index is 0.00483. The van der Waals surface area contributed by atoms with Crippen molar-refractivity contribution in [3.8, 4) is 0 Å². The number of nitrogens with one attached hydrogen (secondary N) is 1. The number of nitrogens with zero attached hydrogens (tertiary/aromatic N) is 1. The van der Waals surface area contributed by atoms with Gasteiger partial charge in [-0.3, -0.25) is 0 Å². The van der Waals surface area contributed by atoms with Gasteiger partial charge in [0.15, 0.2) is 0 Å². The second kappa shape index (κ2) is 8.90. The quantitative estimate of drug-likeness (QED) is 0.484. The van der Waals surface area contributed by atoms with E-state index < -0.39 is 0 Å². The maximum Gasteiger partial charge on any atom is 0.317 e. The number of aliphatic hydroxyl groups is 1. The van der Waals surface area contributed by atoms with Crippen molar-refractivity contribution in [2.75, 3.05) is 38.2 Å². The van der Waals surface area contributed by atoms with Crippen LogP contribution < -0.4 is 5.32 Å². The third-order valence-electron chi connectivity index (χ3n) is 1.54. The summed E-state index contributed by atoms with van der Waals surface area (Å²) in [4.78, 5) is 12.7. The SMILES string of the molecule is C=CCSCCNC(=O)N(C)CCO. The fraction of sp³-hybridized carbons (Fsp3) is 0.667. The number of hydrogen-bond donors (Lipinski definition) is 2. The molecule has 0 aromatic carbocycles. The smallest absolute Gasteiger partial charge is 0.317 e. The second-order valence-corrected chi connectivity index (χ2v) is 3.89. The van der Waals surface area contributed by atoms with Gasteiger partial charge in [0.05, 0.1) is 6.61 Å². The Morgan fingerprint density at radius 2 is 2.43 bits per heavy atom. The van der Waals surface area contributed by atoms with Gasteiger partial charge in [0.1, 0.15) is 0 Å². The molecule has 0 aromatic heterocycles. The molecular formula is C9H18N2O2S. The standard InChI is InChI=1S/C9H18N2O2S/c1-3-7-14-8-4-10-9(13)11(2)5-6-12/h3,12H,1,4-8H2,2H3,(H,10,13). The molecule has 14 heavy (non-hydrogen) atoms. The fourth-order valence-electron chi connectivity index (χ4n) is 0.783. The summed E-state index contributed by atoms with van der Waals surface area (Å²) in [5, 5.41) is 11.3. The number of thioether (sulfide) groups is 1. The van der Waals surface area contributed by atoms with Gasteiger partial charge in [-0.15, -0.1) is 6.58 Å². The molecule has 0 fully saturated rings. The lowest BCUT2D eigenvalue weighted by atomic mass is 10.6. The van der Waals surface area contributed by atoms with Gasteiger partial charge in [-0.25, -0.2) is 4.79 Å². The highest BCUT2D eigenvalue weighted by Crippen LogP contribution is 1.97. The van der Waals surface area contributed by atoms with Crippen molar-refractivity contribution in [3.63, 3.8) is 0 Å². The van der Waals surface area contributed by atoms with Gasteiger partial charge in [0.25, 0.3) is 0 Å². The van der Waals surface area contributed by atoms with Gasteiger partial charge in [0.2, 0.25) is 0 Å². The predicted octanol–water partition coefficient (Wildman–Crippen LogP) is 0.539. The van der Waals surface area contributed by atoms with Crippen molar-refractivity contribution in [1.82, 2.24) is 10.2 Å². The molecule has 0 rings (SSSR count). The second-order valence-electron chi connectivity index (χ2n) is 2.74. The first-order chi connectivity index (χ1) is 6.72. The predicted molar refractivity (Wildman–Crippen MR) is 60.6 cm³/mol. The van der Waals surface area contributed by atoms with Crippen LogP contribution >= 0.6 is 11.8 Å². The molecule has 5 heteroatoms. The van der Waals surface area contributed by atoms with Crippen LogP contribution in [-0.2, 0) is 0 Å². The number of amides is 2. The lowest BCUT2D eigenvalue weighted by Crippen LogP contribution is -2.39. The van der Waals surface area contributed by atoms with Crippen LogP contribution in [-0.4, -0.2) is 54.3 Å². The number of aliphatic hydroxyl groups excluding tert-OH is 1. The molecule has 0 unspecified atom stereocenters. The van der Waals surface area contributed by atoms with E-state index in [0.717, 1.165) is 11.5 Å². The van der Waals surface area contributed by atoms with E-state index in [-0.39, 0.29) is 12.6 Å². The van der Waals surface area contributed by atoms with E-state index in [0.29, 0.717) is 13.1 Å². The molecule has 0 atom stereocenters. The summed E-state index contributed by atoms with van der Waals surface area (Å²) in [7, 11) is 1.66. The van der Waals surface area contributed by atoms with Crippen LogP contribution in [0.4, 0.5) is 4.79 Å². The molecule has 0 spiro atoms. The Labute approximate surface area is 89.4 Å². The lowest BCUT2D eigenvalue weighted by Gasteiger charge is -2.16. The van der Waals surface area contributed by atoms with Crippen molar-refractivity contribution in [2.24, 2.45) is 0 Å². The van der Waals surface area contributed by atoms with E-state index in [2.05, 4.69) is 11.9 Å². The number of hydrogen-bond acceptors (Lipinski definition) is 3. The summed E-state index contributed by atoms with van der Waals surface area (Å²) >= 11 is 1.72. The lowest BCUT2D eigenvalue weighted by molar-refractivity contribution is 0.191. The number of carbonyl (C=O) groups excluding carboxylic acids is 1. The van der Waals surface area contributed by atoms with Crippen LogP contribution in [0.5, 0.6) is 0 Å². The van der Waals surface area contributed by atoms with Crippen LogP contribution in [0.1, 0.15) is 0 Å². The van der Waals surface area contributed by atoms with E-state index in [9.17, 15) is 4.79 Å². The average Bonchev–Trinajstić information content (AvgIpc) is 2.17. The zero-order valence-electron chi connectivity index (χ0n) is 8.53. The summed E-state index contributed by atoms with van der Waals surface area (Å²) in [5.41, 5.74) is 0.